The molecule has 0 aliphatic rings. The van der Waals surface area contributed by atoms with Crippen molar-refractivity contribution in [1.82, 2.24) is 0 Å². The van der Waals surface area contributed by atoms with E-state index in [9.17, 15) is 9.50 Å². The van der Waals surface area contributed by atoms with Gasteiger partial charge in [-0.2, -0.15) is 0 Å². The van der Waals surface area contributed by atoms with Gasteiger partial charge >= 0.3 is 0 Å². The van der Waals surface area contributed by atoms with Gasteiger partial charge in [-0.15, -0.1) is 0 Å². The first-order valence-corrected chi connectivity index (χ1v) is 7.25. The lowest BCUT2D eigenvalue weighted by molar-refractivity contribution is 0.218. The molecular weight excluding hydrogens is 410 g/mol. The van der Waals surface area contributed by atoms with Crippen molar-refractivity contribution in [2.45, 2.75) is 13.0 Å². The second-order valence-electron chi connectivity index (χ2n) is 4.07. The molecule has 18 heavy (non-hydrogen) atoms. The second kappa shape index (κ2) is 5.67. The van der Waals surface area contributed by atoms with Crippen molar-refractivity contribution >= 4 is 38.5 Å². The van der Waals surface area contributed by atoms with Crippen molar-refractivity contribution in [2.24, 2.45) is 0 Å². The molecule has 0 radical (unpaired) electrons. The van der Waals surface area contributed by atoms with Gasteiger partial charge in [-0.3, -0.25) is 0 Å². The molecule has 0 fully saturated rings. The van der Waals surface area contributed by atoms with E-state index >= 15 is 0 Å². The maximum absolute atomic E-state index is 13.1. The fraction of sp³-hybridized carbons (Fsp3) is 0.143. The molecule has 2 aromatic carbocycles. The fourth-order valence-electron chi connectivity index (χ4n) is 1.84. The lowest BCUT2D eigenvalue weighted by atomic mass is 9.97. The maximum Gasteiger partial charge on any atom is 0.123 e. The fourth-order valence-corrected chi connectivity index (χ4v) is 2.82. The normalized spacial score (nSPS) is 12.5. The molecule has 0 aromatic heterocycles. The smallest absolute Gasteiger partial charge is 0.123 e. The van der Waals surface area contributed by atoms with Crippen LogP contribution in [0.15, 0.2) is 40.9 Å². The number of hydrogen-bond acceptors (Lipinski definition) is 1. The highest BCUT2D eigenvalue weighted by molar-refractivity contribution is 14.1. The predicted octanol–water partition coefficient (Wildman–Crippen LogP) is 4.58. The van der Waals surface area contributed by atoms with Crippen molar-refractivity contribution in [3.63, 3.8) is 0 Å². The summed E-state index contributed by atoms with van der Waals surface area (Å²) in [7, 11) is 0. The molecule has 0 saturated carbocycles. The minimum atomic E-state index is -0.755. The Labute approximate surface area is 127 Å². The summed E-state index contributed by atoms with van der Waals surface area (Å²) in [6.45, 7) is 1.80. The van der Waals surface area contributed by atoms with Crippen LogP contribution in [0, 0.1) is 16.3 Å². The predicted molar refractivity (Wildman–Crippen MR) is 82.1 cm³/mol. The largest absolute Gasteiger partial charge is 0.384 e. The first-order chi connectivity index (χ1) is 8.49. The number of benzene rings is 2. The minimum absolute atomic E-state index is 0.287. The average molecular weight is 421 g/mol. The van der Waals surface area contributed by atoms with E-state index in [0.29, 0.717) is 0 Å². The first kappa shape index (κ1) is 14.0. The van der Waals surface area contributed by atoms with Crippen LogP contribution in [0.4, 0.5) is 4.39 Å². The van der Waals surface area contributed by atoms with E-state index in [-0.39, 0.29) is 5.82 Å². The number of rotatable bonds is 2. The molecule has 94 valence electrons. The lowest BCUT2D eigenvalue weighted by Crippen LogP contribution is -2.03. The third-order valence-corrected chi connectivity index (χ3v) is 4.17. The maximum atomic E-state index is 13.1. The van der Waals surface area contributed by atoms with Crippen molar-refractivity contribution in [3.8, 4) is 0 Å². The Morgan fingerprint density at radius 2 is 1.89 bits per heavy atom. The highest BCUT2D eigenvalue weighted by Gasteiger charge is 2.16. The van der Waals surface area contributed by atoms with Crippen LogP contribution in [0.5, 0.6) is 0 Å². The zero-order valence-corrected chi connectivity index (χ0v) is 13.4. The van der Waals surface area contributed by atoms with Crippen molar-refractivity contribution in [3.05, 3.63) is 66.9 Å². The average Bonchev–Trinajstić information content (AvgIpc) is 2.31. The molecule has 0 saturated heterocycles. The van der Waals surface area contributed by atoms with E-state index in [4.69, 9.17) is 0 Å². The Balaban J connectivity index is 2.47. The molecule has 1 unspecified atom stereocenters. The number of halogens is 3. The summed E-state index contributed by atoms with van der Waals surface area (Å²) < 4.78 is 15.0. The summed E-state index contributed by atoms with van der Waals surface area (Å²) in [6, 6.07) is 10.2. The minimum Gasteiger partial charge on any atom is -0.384 e. The molecule has 0 heterocycles. The summed E-state index contributed by atoms with van der Waals surface area (Å²) in [4.78, 5) is 0. The molecule has 0 amide bonds. The SMILES string of the molecule is Cc1cc(F)ccc1C(O)c1cc(I)ccc1Br. The molecule has 2 rings (SSSR count). The van der Waals surface area contributed by atoms with Crippen LogP contribution < -0.4 is 0 Å². The summed E-state index contributed by atoms with van der Waals surface area (Å²) >= 11 is 5.63. The van der Waals surface area contributed by atoms with Gasteiger partial charge in [-0.1, -0.05) is 22.0 Å². The molecule has 1 nitrogen and oxygen atoms in total. The third-order valence-electron chi connectivity index (χ3n) is 2.78. The Hall–Kier alpha value is -0.460. The molecule has 0 spiro atoms. The van der Waals surface area contributed by atoms with Crippen LogP contribution in [-0.2, 0) is 0 Å². The van der Waals surface area contributed by atoms with Gasteiger partial charge < -0.3 is 5.11 Å². The Morgan fingerprint density at radius 1 is 1.17 bits per heavy atom. The molecule has 1 N–H and O–H groups in total. The first-order valence-electron chi connectivity index (χ1n) is 5.38. The molecule has 4 heteroatoms. The van der Waals surface area contributed by atoms with Gasteiger partial charge in [-0.05, 0) is 71.0 Å². The van der Waals surface area contributed by atoms with Gasteiger partial charge in [0, 0.05) is 13.6 Å². The van der Waals surface area contributed by atoms with Crippen molar-refractivity contribution in [2.75, 3.05) is 0 Å². The van der Waals surface area contributed by atoms with Crippen LogP contribution in [0.25, 0.3) is 0 Å². The summed E-state index contributed by atoms with van der Waals surface area (Å²) in [5.74, 6) is -0.287. The number of aliphatic hydroxyl groups is 1. The lowest BCUT2D eigenvalue weighted by Gasteiger charge is -2.16. The monoisotopic (exact) mass is 420 g/mol. The third kappa shape index (κ3) is 2.92. The molecule has 1 atom stereocenters. The summed E-state index contributed by atoms with van der Waals surface area (Å²) in [5.41, 5.74) is 2.25. The van der Waals surface area contributed by atoms with Crippen LogP contribution in [0.3, 0.4) is 0 Å². The van der Waals surface area contributed by atoms with E-state index in [0.717, 1.165) is 24.7 Å². The van der Waals surface area contributed by atoms with Crippen LogP contribution in [0.2, 0.25) is 0 Å². The van der Waals surface area contributed by atoms with Crippen LogP contribution >= 0.6 is 38.5 Å². The molecule has 2 aromatic rings. The van der Waals surface area contributed by atoms with E-state index in [2.05, 4.69) is 38.5 Å². The van der Waals surface area contributed by atoms with Gasteiger partial charge in [0.25, 0.3) is 0 Å². The molecule has 0 aliphatic carbocycles. The quantitative estimate of drug-likeness (QED) is 0.705. The van der Waals surface area contributed by atoms with E-state index in [1.54, 1.807) is 13.0 Å². The molecular formula is C14H11BrFIO. The summed E-state index contributed by atoms with van der Waals surface area (Å²) in [5, 5.41) is 10.4. The zero-order chi connectivity index (χ0) is 13.3. The van der Waals surface area contributed by atoms with E-state index in [1.807, 2.05) is 18.2 Å². The van der Waals surface area contributed by atoms with Crippen LogP contribution in [0.1, 0.15) is 22.8 Å². The van der Waals surface area contributed by atoms with E-state index < -0.39 is 6.10 Å². The van der Waals surface area contributed by atoms with Gasteiger partial charge in [0.2, 0.25) is 0 Å². The van der Waals surface area contributed by atoms with Crippen molar-refractivity contribution in [1.29, 1.82) is 0 Å². The zero-order valence-electron chi connectivity index (χ0n) is 9.62. The highest BCUT2D eigenvalue weighted by Crippen LogP contribution is 2.31. The number of aryl methyl sites for hydroxylation is 1. The topological polar surface area (TPSA) is 20.2 Å². The van der Waals surface area contributed by atoms with Gasteiger partial charge in [0.1, 0.15) is 11.9 Å². The highest BCUT2D eigenvalue weighted by atomic mass is 127. The number of aliphatic hydroxyl groups excluding tert-OH is 1. The summed E-state index contributed by atoms with van der Waals surface area (Å²) in [6.07, 6.45) is -0.755. The molecule has 0 bridgehead atoms. The number of hydrogen-bond donors (Lipinski definition) is 1. The van der Waals surface area contributed by atoms with Gasteiger partial charge in [0.05, 0.1) is 0 Å². The molecule has 0 aliphatic heterocycles. The Kier molecular flexibility index (Phi) is 4.40. The van der Waals surface area contributed by atoms with Gasteiger partial charge in [-0.25, -0.2) is 4.39 Å². The van der Waals surface area contributed by atoms with Crippen LogP contribution in [-0.4, -0.2) is 5.11 Å². The Bertz CT molecular complexity index is 586. The standard InChI is InChI=1S/C14H11BrFIO/c1-8-6-9(16)2-4-11(8)14(18)12-7-10(17)3-5-13(12)15/h2-7,14,18H,1H3. The van der Waals surface area contributed by atoms with E-state index in [1.165, 1.54) is 12.1 Å². The second-order valence-corrected chi connectivity index (χ2v) is 6.17. The van der Waals surface area contributed by atoms with Crippen molar-refractivity contribution < 1.29 is 9.50 Å². The Morgan fingerprint density at radius 3 is 2.56 bits per heavy atom. The van der Waals surface area contributed by atoms with Gasteiger partial charge in [0.15, 0.2) is 0 Å².